The number of benzene rings is 3. The second-order valence-corrected chi connectivity index (χ2v) is 9.93. The van der Waals surface area contributed by atoms with Crippen LogP contribution in [0.15, 0.2) is 64.6 Å². The van der Waals surface area contributed by atoms with Crippen molar-refractivity contribution in [2.75, 3.05) is 30.5 Å². The molecule has 212 valence electrons. The van der Waals surface area contributed by atoms with Gasteiger partial charge in [-0.15, -0.1) is 0 Å². The minimum atomic E-state index is -0.860. The van der Waals surface area contributed by atoms with Gasteiger partial charge in [0.15, 0.2) is 18.1 Å². The van der Waals surface area contributed by atoms with E-state index in [4.69, 9.17) is 14.2 Å². The van der Waals surface area contributed by atoms with E-state index in [1.54, 1.807) is 31.2 Å². The fourth-order valence-corrected chi connectivity index (χ4v) is 4.63. The van der Waals surface area contributed by atoms with Gasteiger partial charge in [0.1, 0.15) is 11.3 Å². The van der Waals surface area contributed by atoms with Gasteiger partial charge in [0.25, 0.3) is 17.7 Å². The Morgan fingerprint density at radius 2 is 1.76 bits per heavy atom. The number of urea groups is 1. The van der Waals surface area contributed by atoms with Crippen LogP contribution in [0.1, 0.15) is 23.6 Å². The lowest BCUT2D eigenvalue weighted by atomic mass is 10.1. The highest BCUT2D eigenvalue weighted by atomic mass is 79.9. The zero-order valence-corrected chi connectivity index (χ0v) is 24.5. The number of aryl methyl sites for hydroxylation is 2. The molecule has 0 unspecified atom stereocenters. The molecule has 10 nitrogen and oxygen atoms in total. The van der Waals surface area contributed by atoms with Crippen LogP contribution in [0.25, 0.3) is 6.08 Å². The number of rotatable bonds is 9. The molecule has 1 aliphatic rings. The van der Waals surface area contributed by atoms with Gasteiger partial charge in [0, 0.05) is 5.69 Å². The third kappa shape index (κ3) is 6.75. The Labute approximate surface area is 245 Å². The number of anilines is 2. The average molecular weight is 622 g/mol. The van der Waals surface area contributed by atoms with E-state index in [9.17, 15) is 19.2 Å². The standard InChI is InChI=1S/C30H28BrN3O7/c1-5-40-25-15-19(14-23(31)27(25)41-16-26(35)32-24-12-17(2)6-7-18(24)3)13-22-28(36)33-30(38)34(29(22)37)20-8-10-21(39-4)11-9-20/h6-15H,5,16H2,1-4H3,(H,32,35)(H,33,36,38)/b22-13+. The average Bonchev–Trinajstić information content (AvgIpc) is 2.93. The maximum atomic E-state index is 13.3. The van der Waals surface area contributed by atoms with E-state index < -0.39 is 17.8 Å². The Hall–Kier alpha value is -4.64. The number of nitrogens with zero attached hydrogens (tertiary/aromatic N) is 1. The number of barbiturate groups is 1. The van der Waals surface area contributed by atoms with Crippen LogP contribution in [0.4, 0.5) is 16.2 Å². The van der Waals surface area contributed by atoms with Crippen LogP contribution >= 0.6 is 15.9 Å². The molecule has 0 saturated carbocycles. The van der Waals surface area contributed by atoms with E-state index in [2.05, 4.69) is 26.6 Å². The third-order valence-electron chi connectivity index (χ3n) is 6.09. The van der Waals surface area contributed by atoms with Crippen molar-refractivity contribution >= 4 is 57.1 Å². The number of imide groups is 2. The summed E-state index contributed by atoms with van der Waals surface area (Å²) in [5.41, 5.74) is 3.07. The van der Waals surface area contributed by atoms with E-state index >= 15 is 0 Å². The Kier molecular flexibility index (Phi) is 9.08. The number of hydrogen-bond donors (Lipinski definition) is 2. The van der Waals surface area contributed by atoms with Gasteiger partial charge in [0.05, 0.1) is 23.9 Å². The van der Waals surface area contributed by atoms with Crippen LogP contribution in [-0.4, -0.2) is 44.1 Å². The molecule has 0 atom stereocenters. The quantitative estimate of drug-likeness (QED) is 0.250. The summed E-state index contributed by atoms with van der Waals surface area (Å²) in [5, 5.41) is 5.04. The molecule has 0 aromatic heterocycles. The summed E-state index contributed by atoms with van der Waals surface area (Å²) in [6, 6.07) is 14.4. The number of ether oxygens (including phenoxy) is 3. The smallest absolute Gasteiger partial charge is 0.335 e. The largest absolute Gasteiger partial charge is 0.497 e. The lowest BCUT2D eigenvalue weighted by Gasteiger charge is -2.26. The molecule has 11 heteroatoms. The van der Waals surface area contributed by atoms with E-state index in [1.165, 1.54) is 25.3 Å². The topological polar surface area (TPSA) is 123 Å². The minimum absolute atomic E-state index is 0.253. The summed E-state index contributed by atoms with van der Waals surface area (Å²) in [7, 11) is 1.50. The molecule has 3 aromatic rings. The molecule has 2 N–H and O–H groups in total. The lowest BCUT2D eigenvalue weighted by Crippen LogP contribution is -2.54. The third-order valence-corrected chi connectivity index (χ3v) is 6.68. The van der Waals surface area contributed by atoms with E-state index in [-0.39, 0.29) is 36.1 Å². The fraction of sp³-hybridized carbons (Fsp3) is 0.200. The summed E-state index contributed by atoms with van der Waals surface area (Å²) in [4.78, 5) is 51.9. The molecular formula is C30H28BrN3O7. The lowest BCUT2D eigenvalue weighted by molar-refractivity contribution is -0.122. The summed E-state index contributed by atoms with van der Waals surface area (Å²) >= 11 is 3.45. The van der Waals surface area contributed by atoms with Gasteiger partial charge < -0.3 is 19.5 Å². The Morgan fingerprint density at radius 3 is 2.44 bits per heavy atom. The van der Waals surface area contributed by atoms with Crippen LogP contribution in [0, 0.1) is 13.8 Å². The summed E-state index contributed by atoms with van der Waals surface area (Å²) < 4.78 is 17.1. The van der Waals surface area contributed by atoms with E-state index in [1.807, 2.05) is 32.0 Å². The molecule has 5 amide bonds. The van der Waals surface area contributed by atoms with Crippen molar-refractivity contribution in [2.24, 2.45) is 0 Å². The van der Waals surface area contributed by atoms with Crippen LogP contribution in [0.2, 0.25) is 0 Å². The molecule has 3 aromatic carbocycles. The number of halogens is 1. The highest BCUT2D eigenvalue weighted by molar-refractivity contribution is 9.10. The Morgan fingerprint density at radius 1 is 1.02 bits per heavy atom. The second kappa shape index (κ2) is 12.7. The summed E-state index contributed by atoms with van der Waals surface area (Å²) in [6.07, 6.45) is 1.35. The first-order valence-corrected chi connectivity index (χ1v) is 13.4. The van der Waals surface area contributed by atoms with Crippen LogP contribution in [0.3, 0.4) is 0 Å². The Bertz CT molecular complexity index is 1550. The molecule has 1 heterocycles. The van der Waals surface area contributed by atoms with Gasteiger partial charge >= 0.3 is 6.03 Å². The zero-order valence-electron chi connectivity index (χ0n) is 22.9. The van der Waals surface area contributed by atoms with Gasteiger partial charge in [-0.05, 0) is 102 Å². The van der Waals surface area contributed by atoms with Crippen molar-refractivity contribution in [1.29, 1.82) is 0 Å². The summed E-state index contributed by atoms with van der Waals surface area (Å²) in [5.74, 6) is -0.862. The van der Waals surface area contributed by atoms with Gasteiger partial charge in [-0.2, -0.15) is 0 Å². The molecule has 0 aliphatic carbocycles. The summed E-state index contributed by atoms with van der Waals surface area (Å²) in [6.45, 7) is 5.62. The van der Waals surface area contributed by atoms with Crippen molar-refractivity contribution in [3.8, 4) is 17.2 Å². The highest BCUT2D eigenvalue weighted by Crippen LogP contribution is 2.38. The van der Waals surface area contributed by atoms with Gasteiger partial charge in [-0.25, -0.2) is 9.69 Å². The monoisotopic (exact) mass is 621 g/mol. The SMILES string of the molecule is CCOc1cc(/C=C2\C(=O)NC(=O)N(c3ccc(OC)cc3)C2=O)cc(Br)c1OCC(=O)Nc1cc(C)ccc1C. The van der Waals surface area contributed by atoms with Crippen LogP contribution < -0.4 is 29.7 Å². The van der Waals surface area contributed by atoms with Crippen molar-refractivity contribution in [3.63, 3.8) is 0 Å². The molecule has 41 heavy (non-hydrogen) atoms. The van der Waals surface area contributed by atoms with Crippen molar-refractivity contribution in [2.45, 2.75) is 20.8 Å². The van der Waals surface area contributed by atoms with Crippen molar-refractivity contribution in [3.05, 3.63) is 81.3 Å². The first-order valence-electron chi connectivity index (χ1n) is 12.6. The molecule has 0 spiro atoms. The zero-order chi connectivity index (χ0) is 29.7. The number of amides is 5. The first kappa shape index (κ1) is 29.3. The number of methoxy groups -OCH3 is 1. The van der Waals surface area contributed by atoms with Crippen molar-refractivity contribution < 1.29 is 33.4 Å². The Balaban J connectivity index is 1.58. The van der Waals surface area contributed by atoms with Gasteiger partial charge in [-0.1, -0.05) is 12.1 Å². The predicted molar refractivity (Wildman–Crippen MR) is 157 cm³/mol. The van der Waals surface area contributed by atoms with Gasteiger partial charge in [0.2, 0.25) is 0 Å². The van der Waals surface area contributed by atoms with Gasteiger partial charge in [-0.3, -0.25) is 19.7 Å². The number of carbonyl (C=O) groups excluding carboxylic acids is 4. The maximum Gasteiger partial charge on any atom is 0.335 e. The molecule has 0 radical (unpaired) electrons. The maximum absolute atomic E-state index is 13.3. The van der Waals surface area contributed by atoms with Crippen LogP contribution in [-0.2, 0) is 14.4 Å². The molecule has 1 aliphatic heterocycles. The number of hydrogen-bond acceptors (Lipinski definition) is 7. The second-order valence-electron chi connectivity index (χ2n) is 9.07. The molecule has 1 fully saturated rings. The highest BCUT2D eigenvalue weighted by Gasteiger charge is 2.37. The van der Waals surface area contributed by atoms with Crippen LogP contribution in [0.5, 0.6) is 17.2 Å². The predicted octanol–water partition coefficient (Wildman–Crippen LogP) is 5.16. The first-order chi connectivity index (χ1) is 19.6. The molecule has 4 rings (SSSR count). The molecule has 0 bridgehead atoms. The minimum Gasteiger partial charge on any atom is -0.497 e. The van der Waals surface area contributed by atoms with Crippen molar-refractivity contribution in [1.82, 2.24) is 5.32 Å². The number of carbonyl (C=O) groups is 4. The molecular weight excluding hydrogens is 594 g/mol. The number of nitrogens with one attached hydrogen (secondary N) is 2. The van der Waals surface area contributed by atoms with E-state index in [0.29, 0.717) is 27.2 Å². The van der Waals surface area contributed by atoms with E-state index in [0.717, 1.165) is 16.0 Å². The molecule has 1 saturated heterocycles. The normalized spacial score (nSPS) is 14.1. The fourth-order valence-electron chi connectivity index (χ4n) is 4.06.